The number of pyridine rings is 1. The maximum Gasteiger partial charge on any atom is 0.213 e. The van der Waals surface area contributed by atoms with Crippen molar-refractivity contribution in [2.75, 3.05) is 20.2 Å². The third kappa shape index (κ3) is 3.41. The number of rotatable bonds is 3. The molecule has 1 fully saturated rings. The highest BCUT2D eigenvalue weighted by Gasteiger charge is 2.22. The van der Waals surface area contributed by atoms with Gasteiger partial charge in [0.1, 0.15) is 0 Å². The topological polar surface area (TPSA) is 51.4 Å². The summed E-state index contributed by atoms with van der Waals surface area (Å²) in [5.74, 6) is 1.35. The van der Waals surface area contributed by atoms with Crippen molar-refractivity contribution in [2.24, 2.45) is 11.7 Å². The van der Waals surface area contributed by atoms with Crippen LogP contribution in [0.5, 0.6) is 5.88 Å². The summed E-state index contributed by atoms with van der Waals surface area (Å²) in [4.78, 5) is 6.81. The molecule has 1 aliphatic rings. The van der Waals surface area contributed by atoms with Gasteiger partial charge in [-0.3, -0.25) is 4.90 Å². The molecule has 0 bridgehead atoms. The van der Waals surface area contributed by atoms with Gasteiger partial charge in [-0.25, -0.2) is 4.98 Å². The molecule has 2 N–H and O–H groups in total. The van der Waals surface area contributed by atoms with Crippen molar-refractivity contribution in [2.45, 2.75) is 25.9 Å². The minimum Gasteiger partial charge on any atom is -0.481 e. The standard InChI is InChI=1S/C13H21N3O/c1-10-6-11(14)8-16(7-10)9-12-4-3-5-13(15-12)17-2/h3-5,10-11H,6-9,14H2,1-2H3. The Kier molecular flexibility index (Phi) is 3.97. The van der Waals surface area contributed by atoms with E-state index in [0.29, 0.717) is 17.8 Å². The summed E-state index contributed by atoms with van der Waals surface area (Å²) in [7, 11) is 1.64. The zero-order chi connectivity index (χ0) is 12.3. The number of methoxy groups -OCH3 is 1. The summed E-state index contributed by atoms with van der Waals surface area (Å²) in [5.41, 5.74) is 7.09. The van der Waals surface area contributed by atoms with Crippen LogP contribution in [-0.4, -0.2) is 36.1 Å². The molecule has 1 aromatic heterocycles. The van der Waals surface area contributed by atoms with Crippen LogP contribution in [0.4, 0.5) is 0 Å². The first-order valence-electron chi connectivity index (χ1n) is 6.15. The van der Waals surface area contributed by atoms with Gasteiger partial charge in [-0.05, 0) is 18.4 Å². The largest absolute Gasteiger partial charge is 0.481 e. The third-order valence-corrected chi connectivity index (χ3v) is 3.14. The molecule has 4 heteroatoms. The first-order valence-corrected chi connectivity index (χ1v) is 6.15. The molecule has 2 atom stereocenters. The van der Waals surface area contributed by atoms with Crippen LogP contribution < -0.4 is 10.5 Å². The van der Waals surface area contributed by atoms with Gasteiger partial charge in [-0.15, -0.1) is 0 Å². The van der Waals surface area contributed by atoms with Crippen molar-refractivity contribution in [3.05, 3.63) is 23.9 Å². The van der Waals surface area contributed by atoms with E-state index in [-0.39, 0.29) is 0 Å². The van der Waals surface area contributed by atoms with Crippen LogP contribution in [0.25, 0.3) is 0 Å². The van der Waals surface area contributed by atoms with Gasteiger partial charge in [-0.2, -0.15) is 0 Å². The normalized spacial score (nSPS) is 25.8. The van der Waals surface area contributed by atoms with Gasteiger partial charge in [-0.1, -0.05) is 13.0 Å². The number of piperidine rings is 1. The molecule has 0 radical (unpaired) electrons. The second-order valence-corrected chi connectivity index (χ2v) is 4.97. The van der Waals surface area contributed by atoms with Crippen molar-refractivity contribution in [1.82, 2.24) is 9.88 Å². The molecule has 1 aliphatic heterocycles. The Hall–Kier alpha value is -1.13. The summed E-state index contributed by atoms with van der Waals surface area (Å²) >= 11 is 0. The van der Waals surface area contributed by atoms with E-state index in [1.165, 1.54) is 0 Å². The monoisotopic (exact) mass is 235 g/mol. The lowest BCUT2D eigenvalue weighted by molar-refractivity contribution is 0.156. The molecular weight excluding hydrogens is 214 g/mol. The van der Waals surface area contributed by atoms with Gasteiger partial charge in [0.15, 0.2) is 0 Å². The maximum atomic E-state index is 6.04. The Morgan fingerprint density at radius 1 is 1.47 bits per heavy atom. The number of nitrogens with two attached hydrogens (primary N) is 1. The highest BCUT2D eigenvalue weighted by molar-refractivity contribution is 5.15. The highest BCUT2D eigenvalue weighted by Crippen LogP contribution is 2.17. The Labute approximate surface area is 103 Å². The first-order chi connectivity index (χ1) is 8.17. The smallest absolute Gasteiger partial charge is 0.213 e. The molecule has 17 heavy (non-hydrogen) atoms. The van der Waals surface area contributed by atoms with Gasteiger partial charge in [0.05, 0.1) is 12.8 Å². The summed E-state index contributed by atoms with van der Waals surface area (Å²) < 4.78 is 5.13. The van der Waals surface area contributed by atoms with Gasteiger partial charge < -0.3 is 10.5 Å². The van der Waals surface area contributed by atoms with Crippen molar-refractivity contribution < 1.29 is 4.74 Å². The summed E-state index contributed by atoms with van der Waals surface area (Å²) in [6, 6.07) is 6.18. The number of aromatic nitrogens is 1. The van der Waals surface area contributed by atoms with E-state index in [1.54, 1.807) is 7.11 Å². The van der Waals surface area contributed by atoms with E-state index in [1.807, 2.05) is 18.2 Å². The maximum absolute atomic E-state index is 6.04. The first kappa shape index (κ1) is 12.3. The van der Waals surface area contributed by atoms with Crippen molar-refractivity contribution in [3.63, 3.8) is 0 Å². The number of hydrogen-bond acceptors (Lipinski definition) is 4. The van der Waals surface area contributed by atoms with E-state index in [0.717, 1.165) is 31.7 Å². The number of hydrogen-bond donors (Lipinski definition) is 1. The molecule has 0 spiro atoms. The number of nitrogens with zero attached hydrogens (tertiary/aromatic N) is 2. The minimum atomic E-state index is 0.296. The fraction of sp³-hybridized carbons (Fsp3) is 0.615. The summed E-state index contributed by atoms with van der Waals surface area (Å²) in [5, 5.41) is 0. The lowest BCUT2D eigenvalue weighted by Crippen LogP contribution is -2.45. The third-order valence-electron chi connectivity index (χ3n) is 3.14. The zero-order valence-electron chi connectivity index (χ0n) is 10.6. The van der Waals surface area contributed by atoms with Crippen LogP contribution in [-0.2, 0) is 6.54 Å². The average molecular weight is 235 g/mol. The SMILES string of the molecule is COc1cccc(CN2CC(C)CC(N)C2)n1. The predicted octanol–water partition coefficient (Wildman–Crippen LogP) is 1.26. The second kappa shape index (κ2) is 5.47. The van der Waals surface area contributed by atoms with E-state index in [2.05, 4.69) is 16.8 Å². The Bertz CT molecular complexity index is 359. The molecule has 0 aromatic carbocycles. The van der Waals surface area contributed by atoms with Crippen LogP contribution in [0.3, 0.4) is 0 Å². The lowest BCUT2D eigenvalue weighted by Gasteiger charge is -2.34. The van der Waals surface area contributed by atoms with Gasteiger partial charge in [0.25, 0.3) is 0 Å². The molecule has 2 rings (SSSR count). The molecule has 0 saturated carbocycles. The summed E-state index contributed by atoms with van der Waals surface area (Å²) in [6.07, 6.45) is 1.13. The van der Waals surface area contributed by atoms with Crippen LogP contribution in [0.2, 0.25) is 0 Å². The number of ether oxygens (including phenoxy) is 1. The van der Waals surface area contributed by atoms with Crippen LogP contribution >= 0.6 is 0 Å². The fourth-order valence-electron chi connectivity index (χ4n) is 2.53. The molecule has 94 valence electrons. The molecular formula is C13H21N3O. The zero-order valence-corrected chi connectivity index (χ0v) is 10.6. The number of likely N-dealkylation sites (tertiary alicyclic amines) is 1. The van der Waals surface area contributed by atoms with E-state index >= 15 is 0 Å². The van der Waals surface area contributed by atoms with Gasteiger partial charge >= 0.3 is 0 Å². The van der Waals surface area contributed by atoms with Crippen LogP contribution in [0, 0.1) is 5.92 Å². The van der Waals surface area contributed by atoms with Gasteiger partial charge in [0, 0.05) is 31.7 Å². The van der Waals surface area contributed by atoms with Crippen molar-refractivity contribution in [1.29, 1.82) is 0 Å². The van der Waals surface area contributed by atoms with E-state index in [9.17, 15) is 0 Å². The lowest BCUT2D eigenvalue weighted by atomic mass is 9.96. The molecule has 1 saturated heterocycles. The molecule has 4 nitrogen and oxygen atoms in total. The molecule has 2 heterocycles. The quantitative estimate of drug-likeness (QED) is 0.857. The van der Waals surface area contributed by atoms with Crippen molar-refractivity contribution in [3.8, 4) is 5.88 Å². The highest BCUT2D eigenvalue weighted by atomic mass is 16.5. The molecule has 0 amide bonds. The molecule has 1 aromatic rings. The van der Waals surface area contributed by atoms with E-state index < -0.39 is 0 Å². The Balaban J connectivity index is 1.99. The second-order valence-electron chi connectivity index (χ2n) is 4.97. The van der Waals surface area contributed by atoms with Crippen LogP contribution in [0.1, 0.15) is 19.0 Å². The fourth-order valence-corrected chi connectivity index (χ4v) is 2.53. The van der Waals surface area contributed by atoms with Crippen molar-refractivity contribution >= 4 is 0 Å². The minimum absolute atomic E-state index is 0.296. The van der Waals surface area contributed by atoms with Crippen LogP contribution in [0.15, 0.2) is 18.2 Å². The van der Waals surface area contributed by atoms with E-state index in [4.69, 9.17) is 10.5 Å². The predicted molar refractivity (Wildman–Crippen MR) is 67.8 cm³/mol. The van der Waals surface area contributed by atoms with Gasteiger partial charge in [0.2, 0.25) is 5.88 Å². The molecule has 0 aliphatic carbocycles. The summed E-state index contributed by atoms with van der Waals surface area (Å²) in [6.45, 7) is 5.18. The molecule has 2 unspecified atom stereocenters. The average Bonchev–Trinajstić information content (AvgIpc) is 2.28. The Morgan fingerprint density at radius 3 is 3.00 bits per heavy atom. The Morgan fingerprint density at radius 2 is 2.29 bits per heavy atom.